The van der Waals surface area contributed by atoms with E-state index in [9.17, 15) is 9.90 Å². The van der Waals surface area contributed by atoms with Gasteiger partial charge in [0.05, 0.1) is 6.10 Å². The second kappa shape index (κ2) is 6.02. The molecule has 0 radical (unpaired) electrons. The monoisotopic (exact) mass is 359 g/mol. The van der Waals surface area contributed by atoms with Crippen molar-refractivity contribution >= 4 is 28.5 Å². The van der Waals surface area contributed by atoms with Crippen LogP contribution in [0.2, 0.25) is 0 Å². The molecule has 1 amide bonds. The molecule has 0 saturated carbocycles. The van der Waals surface area contributed by atoms with Crippen molar-refractivity contribution in [2.45, 2.75) is 38.3 Å². The van der Waals surface area contributed by atoms with Crippen LogP contribution in [-0.2, 0) is 0 Å². The zero-order valence-corrected chi connectivity index (χ0v) is 12.6. The third kappa shape index (κ3) is 3.23. The summed E-state index contributed by atoms with van der Waals surface area (Å²) < 4.78 is 1.13. The van der Waals surface area contributed by atoms with E-state index in [1.54, 1.807) is 6.92 Å². The molecule has 4 heteroatoms. The number of hydrogen-bond donors (Lipinski definition) is 1. The topological polar surface area (TPSA) is 40.5 Å². The maximum absolute atomic E-state index is 12.4. The highest BCUT2D eigenvalue weighted by atomic mass is 127. The van der Waals surface area contributed by atoms with Crippen LogP contribution >= 0.6 is 22.6 Å². The van der Waals surface area contributed by atoms with E-state index < -0.39 is 0 Å². The number of rotatable bonds is 3. The summed E-state index contributed by atoms with van der Waals surface area (Å²) in [6, 6.07) is 7.85. The molecule has 0 spiro atoms. The lowest BCUT2D eigenvalue weighted by Crippen LogP contribution is -2.37. The average molecular weight is 359 g/mol. The van der Waals surface area contributed by atoms with Crippen LogP contribution < -0.4 is 0 Å². The highest BCUT2D eigenvalue weighted by Gasteiger charge is 2.29. The number of aliphatic hydroxyl groups excluding tert-OH is 1. The van der Waals surface area contributed by atoms with Crippen LogP contribution in [-0.4, -0.2) is 34.6 Å². The maximum atomic E-state index is 12.4. The van der Waals surface area contributed by atoms with Gasteiger partial charge in [-0.2, -0.15) is 0 Å². The van der Waals surface area contributed by atoms with Crippen LogP contribution in [0, 0.1) is 3.57 Å². The van der Waals surface area contributed by atoms with Gasteiger partial charge in [0.15, 0.2) is 0 Å². The minimum absolute atomic E-state index is 0.0922. The van der Waals surface area contributed by atoms with Crippen LogP contribution in [0.4, 0.5) is 0 Å². The van der Waals surface area contributed by atoms with Crippen LogP contribution in [0.5, 0.6) is 0 Å². The van der Waals surface area contributed by atoms with Crippen LogP contribution in [0.25, 0.3) is 0 Å². The zero-order chi connectivity index (χ0) is 13.1. The van der Waals surface area contributed by atoms with Gasteiger partial charge in [-0.15, -0.1) is 0 Å². The molecule has 1 aliphatic heterocycles. The summed E-state index contributed by atoms with van der Waals surface area (Å²) >= 11 is 2.23. The number of carbonyl (C=O) groups is 1. The molecule has 0 aromatic heterocycles. The number of hydrogen-bond acceptors (Lipinski definition) is 2. The number of halogens is 1. The molecule has 1 aromatic carbocycles. The van der Waals surface area contributed by atoms with Crippen LogP contribution in [0.15, 0.2) is 24.3 Å². The highest BCUT2D eigenvalue weighted by molar-refractivity contribution is 14.1. The van der Waals surface area contributed by atoms with Gasteiger partial charge < -0.3 is 10.0 Å². The van der Waals surface area contributed by atoms with E-state index in [-0.39, 0.29) is 18.1 Å². The second-order valence-corrected chi connectivity index (χ2v) is 6.13. The predicted octanol–water partition coefficient (Wildman–Crippen LogP) is 2.67. The Labute approximate surface area is 121 Å². The molecule has 1 heterocycles. The molecule has 2 rings (SSSR count). The van der Waals surface area contributed by atoms with Crippen LogP contribution in [0.3, 0.4) is 0 Å². The second-order valence-electron chi connectivity index (χ2n) is 4.89. The Bertz CT molecular complexity index is 416. The van der Waals surface area contributed by atoms with E-state index in [0.717, 1.165) is 28.5 Å². The summed E-state index contributed by atoms with van der Waals surface area (Å²) in [6.07, 6.45) is 2.37. The standard InChI is InChI=1S/C14H18INO2/c1-10(17)9-13-3-2-8-16(13)14(18)11-4-6-12(15)7-5-11/h4-7,10,13,17H,2-3,8-9H2,1H3. The molecule has 98 valence electrons. The lowest BCUT2D eigenvalue weighted by Gasteiger charge is -2.25. The highest BCUT2D eigenvalue weighted by Crippen LogP contribution is 2.23. The molecule has 0 bridgehead atoms. The average Bonchev–Trinajstić information content (AvgIpc) is 2.76. The summed E-state index contributed by atoms with van der Waals surface area (Å²) in [5, 5.41) is 9.48. The molecule has 2 atom stereocenters. The molecule has 1 aliphatic rings. The molecule has 1 saturated heterocycles. The fourth-order valence-corrected chi connectivity index (χ4v) is 2.86. The van der Waals surface area contributed by atoms with Crippen molar-refractivity contribution in [2.75, 3.05) is 6.54 Å². The Kier molecular flexibility index (Phi) is 4.61. The van der Waals surface area contributed by atoms with Crippen LogP contribution in [0.1, 0.15) is 36.5 Å². The first-order valence-electron chi connectivity index (χ1n) is 6.32. The van der Waals surface area contributed by atoms with Gasteiger partial charge in [-0.1, -0.05) is 0 Å². The maximum Gasteiger partial charge on any atom is 0.254 e. The summed E-state index contributed by atoms with van der Waals surface area (Å²) in [6.45, 7) is 2.59. The fourth-order valence-electron chi connectivity index (χ4n) is 2.50. The Morgan fingerprint density at radius 2 is 2.17 bits per heavy atom. The minimum atomic E-state index is -0.347. The fraction of sp³-hybridized carbons (Fsp3) is 0.500. The molecule has 2 unspecified atom stereocenters. The Morgan fingerprint density at radius 3 is 2.78 bits per heavy atom. The smallest absolute Gasteiger partial charge is 0.254 e. The quantitative estimate of drug-likeness (QED) is 0.843. The van der Waals surface area contributed by atoms with Crippen molar-refractivity contribution < 1.29 is 9.90 Å². The van der Waals surface area contributed by atoms with E-state index in [1.165, 1.54) is 0 Å². The first-order valence-corrected chi connectivity index (χ1v) is 7.40. The van der Waals surface area contributed by atoms with Gasteiger partial charge in [-0.05, 0) is 73.0 Å². The molecule has 1 aromatic rings. The number of carbonyl (C=O) groups excluding carboxylic acids is 1. The third-order valence-corrected chi connectivity index (χ3v) is 4.06. The molecule has 1 N–H and O–H groups in total. The van der Waals surface area contributed by atoms with Crippen molar-refractivity contribution in [2.24, 2.45) is 0 Å². The van der Waals surface area contributed by atoms with Crippen molar-refractivity contribution in [1.82, 2.24) is 4.90 Å². The number of nitrogens with zero attached hydrogens (tertiary/aromatic N) is 1. The molecule has 3 nitrogen and oxygen atoms in total. The third-order valence-electron chi connectivity index (χ3n) is 3.34. The summed E-state index contributed by atoms with van der Waals surface area (Å²) in [5.41, 5.74) is 0.743. The number of aliphatic hydroxyl groups is 1. The number of likely N-dealkylation sites (tertiary alicyclic amines) is 1. The lowest BCUT2D eigenvalue weighted by atomic mass is 10.1. The summed E-state index contributed by atoms with van der Waals surface area (Å²) in [4.78, 5) is 14.3. The molecular weight excluding hydrogens is 341 g/mol. The largest absolute Gasteiger partial charge is 0.393 e. The Hall–Kier alpha value is -0.620. The minimum Gasteiger partial charge on any atom is -0.393 e. The van der Waals surface area contributed by atoms with Gasteiger partial charge in [0.2, 0.25) is 0 Å². The Morgan fingerprint density at radius 1 is 1.50 bits per heavy atom. The SMILES string of the molecule is CC(O)CC1CCCN1C(=O)c1ccc(I)cc1. The molecule has 0 aliphatic carbocycles. The first kappa shape index (κ1) is 13.8. The number of amides is 1. The first-order chi connectivity index (χ1) is 8.58. The molecular formula is C14H18INO2. The van der Waals surface area contributed by atoms with Gasteiger partial charge in [0, 0.05) is 21.7 Å². The van der Waals surface area contributed by atoms with Gasteiger partial charge in [0.1, 0.15) is 0 Å². The van der Waals surface area contributed by atoms with Gasteiger partial charge in [-0.25, -0.2) is 0 Å². The van der Waals surface area contributed by atoms with E-state index in [2.05, 4.69) is 22.6 Å². The van der Waals surface area contributed by atoms with E-state index in [1.807, 2.05) is 29.2 Å². The summed E-state index contributed by atoms with van der Waals surface area (Å²) in [7, 11) is 0. The van der Waals surface area contributed by atoms with Gasteiger partial charge >= 0.3 is 0 Å². The summed E-state index contributed by atoms with van der Waals surface area (Å²) in [5.74, 6) is 0.0922. The van der Waals surface area contributed by atoms with Crippen molar-refractivity contribution in [3.05, 3.63) is 33.4 Å². The van der Waals surface area contributed by atoms with Crippen molar-refractivity contribution in [3.8, 4) is 0 Å². The zero-order valence-electron chi connectivity index (χ0n) is 10.5. The van der Waals surface area contributed by atoms with Gasteiger partial charge in [-0.3, -0.25) is 4.79 Å². The van der Waals surface area contributed by atoms with Crippen molar-refractivity contribution in [3.63, 3.8) is 0 Å². The van der Waals surface area contributed by atoms with Gasteiger partial charge in [0.25, 0.3) is 5.91 Å². The molecule has 1 fully saturated rings. The number of benzene rings is 1. The normalized spacial score (nSPS) is 21.1. The van der Waals surface area contributed by atoms with E-state index in [0.29, 0.717) is 6.42 Å². The lowest BCUT2D eigenvalue weighted by molar-refractivity contribution is 0.0682. The molecule has 18 heavy (non-hydrogen) atoms. The van der Waals surface area contributed by atoms with E-state index in [4.69, 9.17) is 0 Å². The Balaban J connectivity index is 2.10. The predicted molar refractivity (Wildman–Crippen MR) is 79.5 cm³/mol. The van der Waals surface area contributed by atoms with Crippen molar-refractivity contribution in [1.29, 1.82) is 0 Å². The van der Waals surface area contributed by atoms with E-state index >= 15 is 0 Å².